The van der Waals surface area contributed by atoms with Crippen molar-refractivity contribution in [2.45, 2.75) is 51.7 Å². The van der Waals surface area contributed by atoms with Crippen molar-refractivity contribution in [3.8, 4) is 0 Å². The molecule has 3 atom stereocenters. The number of fused-ring (bicyclic) bond motifs is 1. The second-order valence-electron chi connectivity index (χ2n) is 6.14. The molecular weight excluding hydrogens is 236 g/mol. The van der Waals surface area contributed by atoms with Gasteiger partial charge < -0.3 is 5.32 Å². The van der Waals surface area contributed by atoms with E-state index in [0.29, 0.717) is 6.04 Å². The largest absolute Gasteiger partial charge is 0.315 e. The molecule has 3 heterocycles. The molecule has 19 heavy (non-hydrogen) atoms. The molecule has 106 valence electrons. The van der Waals surface area contributed by atoms with Crippen LogP contribution >= 0.6 is 0 Å². The van der Waals surface area contributed by atoms with Gasteiger partial charge in [0.1, 0.15) is 0 Å². The molecule has 0 saturated carbocycles. The van der Waals surface area contributed by atoms with Gasteiger partial charge in [0.15, 0.2) is 0 Å². The normalized spacial score (nSPS) is 29.4. The van der Waals surface area contributed by atoms with Crippen LogP contribution in [0.25, 0.3) is 0 Å². The fourth-order valence-corrected chi connectivity index (χ4v) is 3.46. The van der Waals surface area contributed by atoms with Crippen LogP contribution < -0.4 is 5.32 Å². The van der Waals surface area contributed by atoms with Gasteiger partial charge in [0.2, 0.25) is 0 Å². The van der Waals surface area contributed by atoms with Crippen LogP contribution in [0.1, 0.15) is 44.8 Å². The van der Waals surface area contributed by atoms with E-state index in [-0.39, 0.29) is 0 Å². The first kappa shape index (κ1) is 13.1. The van der Waals surface area contributed by atoms with E-state index in [1.165, 1.54) is 31.6 Å². The van der Waals surface area contributed by atoms with Crippen molar-refractivity contribution in [1.82, 2.24) is 20.0 Å². The minimum Gasteiger partial charge on any atom is -0.315 e. The van der Waals surface area contributed by atoms with Crippen LogP contribution in [0.4, 0.5) is 0 Å². The summed E-state index contributed by atoms with van der Waals surface area (Å²) in [7, 11) is 0. The zero-order valence-electron chi connectivity index (χ0n) is 12.2. The Morgan fingerprint density at radius 2 is 2.37 bits per heavy atom. The lowest BCUT2D eigenvalue weighted by Gasteiger charge is -2.36. The highest BCUT2D eigenvalue weighted by Gasteiger charge is 2.34. The zero-order chi connectivity index (χ0) is 13.2. The maximum absolute atomic E-state index is 4.74. The quantitative estimate of drug-likeness (QED) is 0.901. The molecule has 1 aromatic heterocycles. The van der Waals surface area contributed by atoms with Crippen LogP contribution in [-0.2, 0) is 6.54 Å². The van der Waals surface area contributed by atoms with E-state index in [9.17, 15) is 0 Å². The van der Waals surface area contributed by atoms with Gasteiger partial charge in [0, 0.05) is 31.4 Å². The van der Waals surface area contributed by atoms with Crippen LogP contribution in [0, 0.1) is 5.92 Å². The number of aromatic nitrogens is 2. The molecule has 0 spiro atoms. The Morgan fingerprint density at radius 3 is 3.21 bits per heavy atom. The molecule has 2 fully saturated rings. The first-order valence-corrected chi connectivity index (χ1v) is 7.76. The lowest BCUT2D eigenvalue weighted by Crippen LogP contribution is -2.44. The number of piperidine rings is 1. The first-order valence-electron chi connectivity index (χ1n) is 7.76. The molecule has 3 unspecified atom stereocenters. The molecule has 2 aliphatic rings. The summed E-state index contributed by atoms with van der Waals surface area (Å²) in [6.45, 7) is 9.07. The number of likely N-dealkylation sites (tertiary alicyclic amines) is 1. The van der Waals surface area contributed by atoms with Crippen LogP contribution in [0.5, 0.6) is 0 Å². The number of rotatable bonds is 4. The molecule has 1 N–H and O–H groups in total. The molecule has 1 aromatic rings. The molecule has 3 rings (SSSR count). The average molecular weight is 262 g/mol. The third-order valence-corrected chi connectivity index (χ3v) is 4.86. The molecule has 0 aromatic carbocycles. The number of nitrogens with zero attached hydrogens (tertiary/aromatic N) is 3. The van der Waals surface area contributed by atoms with E-state index in [2.05, 4.69) is 41.0 Å². The first-order chi connectivity index (χ1) is 9.28. The molecule has 0 aliphatic carbocycles. The molecule has 4 heteroatoms. The second kappa shape index (κ2) is 5.63. The minimum absolute atomic E-state index is 0.510. The topological polar surface area (TPSA) is 33.1 Å². The van der Waals surface area contributed by atoms with Crippen LogP contribution in [0.3, 0.4) is 0 Å². The van der Waals surface area contributed by atoms with Crippen molar-refractivity contribution in [3.63, 3.8) is 0 Å². The molecular formula is C15H26N4. The van der Waals surface area contributed by atoms with E-state index in [1.807, 2.05) is 0 Å². The van der Waals surface area contributed by atoms with Crippen molar-refractivity contribution in [2.75, 3.05) is 19.6 Å². The van der Waals surface area contributed by atoms with Crippen LogP contribution in [0.15, 0.2) is 12.3 Å². The maximum atomic E-state index is 4.74. The van der Waals surface area contributed by atoms with Crippen molar-refractivity contribution in [1.29, 1.82) is 0 Å². The van der Waals surface area contributed by atoms with Crippen molar-refractivity contribution in [2.24, 2.45) is 5.92 Å². The lowest BCUT2D eigenvalue weighted by atomic mass is 9.92. The highest BCUT2D eigenvalue weighted by Crippen LogP contribution is 2.27. The maximum Gasteiger partial charge on any atom is 0.0765 e. The van der Waals surface area contributed by atoms with Crippen LogP contribution in [0.2, 0.25) is 0 Å². The van der Waals surface area contributed by atoms with E-state index in [0.717, 1.165) is 31.5 Å². The molecule has 0 amide bonds. The van der Waals surface area contributed by atoms with Gasteiger partial charge in [-0.3, -0.25) is 9.58 Å². The highest BCUT2D eigenvalue weighted by atomic mass is 15.3. The minimum atomic E-state index is 0.510. The number of hydrogen-bond donors (Lipinski definition) is 1. The molecule has 0 radical (unpaired) electrons. The zero-order valence-corrected chi connectivity index (χ0v) is 12.2. The third kappa shape index (κ3) is 2.70. The number of hydrogen-bond acceptors (Lipinski definition) is 3. The summed E-state index contributed by atoms with van der Waals surface area (Å²) >= 11 is 0. The Labute approximate surface area is 116 Å². The lowest BCUT2D eigenvalue weighted by molar-refractivity contribution is 0.116. The van der Waals surface area contributed by atoms with E-state index >= 15 is 0 Å². The Kier molecular flexibility index (Phi) is 3.89. The predicted molar refractivity (Wildman–Crippen MR) is 77.0 cm³/mol. The Bertz CT molecular complexity index is 414. The average Bonchev–Trinajstić information content (AvgIpc) is 3.07. The summed E-state index contributed by atoms with van der Waals surface area (Å²) in [5.41, 5.74) is 1.23. The van der Waals surface area contributed by atoms with Crippen molar-refractivity contribution in [3.05, 3.63) is 18.0 Å². The van der Waals surface area contributed by atoms with Gasteiger partial charge in [-0.2, -0.15) is 5.10 Å². The fraction of sp³-hybridized carbons (Fsp3) is 0.800. The van der Waals surface area contributed by atoms with Gasteiger partial charge in [0.25, 0.3) is 0 Å². The van der Waals surface area contributed by atoms with Crippen LogP contribution in [-0.4, -0.2) is 40.4 Å². The highest BCUT2D eigenvalue weighted by molar-refractivity contribution is 5.02. The van der Waals surface area contributed by atoms with Gasteiger partial charge in [-0.05, 0) is 51.3 Å². The van der Waals surface area contributed by atoms with E-state index < -0.39 is 0 Å². The summed E-state index contributed by atoms with van der Waals surface area (Å²) in [4.78, 5) is 2.64. The Hall–Kier alpha value is -0.870. The Balaban J connectivity index is 1.65. The van der Waals surface area contributed by atoms with Gasteiger partial charge in [0.05, 0.1) is 5.69 Å². The smallest absolute Gasteiger partial charge is 0.0765 e. The fourth-order valence-electron chi connectivity index (χ4n) is 3.46. The number of nitrogens with one attached hydrogen (secondary N) is 1. The summed E-state index contributed by atoms with van der Waals surface area (Å²) in [6, 6.07) is 3.44. The van der Waals surface area contributed by atoms with Gasteiger partial charge in [-0.25, -0.2) is 0 Å². The molecule has 4 nitrogen and oxygen atoms in total. The summed E-state index contributed by atoms with van der Waals surface area (Å²) in [5, 5.41) is 8.29. The molecule has 0 bridgehead atoms. The SMILES string of the molecule is CCC(C)n1ccc(CN2CCCC3CNCC32)n1. The second-order valence-corrected chi connectivity index (χ2v) is 6.14. The third-order valence-electron chi connectivity index (χ3n) is 4.86. The molecule has 2 saturated heterocycles. The van der Waals surface area contributed by atoms with Crippen molar-refractivity contribution < 1.29 is 0 Å². The monoisotopic (exact) mass is 262 g/mol. The van der Waals surface area contributed by atoms with Gasteiger partial charge in [-0.1, -0.05) is 6.92 Å². The summed E-state index contributed by atoms with van der Waals surface area (Å²) in [6.07, 6.45) is 6.02. The van der Waals surface area contributed by atoms with Gasteiger partial charge >= 0.3 is 0 Å². The van der Waals surface area contributed by atoms with Crippen molar-refractivity contribution >= 4 is 0 Å². The summed E-state index contributed by atoms with van der Waals surface area (Å²) < 4.78 is 2.11. The Morgan fingerprint density at radius 1 is 1.47 bits per heavy atom. The standard InChI is InChI=1S/C15H26N4/c1-3-12(2)19-8-6-14(17-19)11-18-7-4-5-13-9-16-10-15(13)18/h6,8,12-13,15-16H,3-5,7,9-11H2,1-2H3. The van der Waals surface area contributed by atoms with Gasteiger partial charge in [-0.15, -0.1) is 0 Å². The summed E-state index contributed by atoms with van der Waals surface area (Å²) in [5.74, 6) is 0.866. The molecule has 2 aliphatic heterocycles. The van der Waals surface area contributed by atoms with E-state index in [1.54, 1.807) is 0 Å². The van der Waals surface area contributed by atoms with E-state index in [4.69, 9.17) is 5.10 Å². The predicted octanol–water partition coefficient (Wildman–Crippen LogP) is 2.04.